The van der Waals surface area contributed by atoms with Gasteiger partial charge >= 0.3 is 0 Å². The van der Waals surface area contributed by atoms with Crippen molar-refractivity contribution in [1.29, 1.82) is 0 Å². The van der Waals surface area contributed by atoms with Crippen LogP contribution in [-0.2, 0) is 21.2 Å². The average Bonchev–Trinajstić information content (AvgIpc) is 2.61. The second kappa shape index (κ2) is 8.57. The van der Waals surface area contributed by atoms with Crippen molar-refractivity contribution in [3.8, 4) is 0 Å². The summed E-state index contributed by atoms with van der Waals surface area (Å²) in [6.45, 7) is 7.71. The lowest BCUT2D eigenvalue weighted by molar-refractivity contribution is -0.117. The Hall–Kier alpha value is -2.34. The number of nitrogens with one attached hydrogen (secondary N) is 1. The Kier molecular flexibility index (Phi) is 6.65. The molecule has 0 saturated carbocycles. The molecule has 2 aromatic carbocycles. The molecule has 5 nitrogen and oxygen atoms in total. The minimum atomic E-state index is -3.63. The first-order valence-electron chi connectivity index (χ1n) is 9.14. The van der Waals surface area contributed by atoms with Crippen LogP contribution in [0.3, 0.4) is 0 Å². The van der Waals surface area contributed by atoms with Gasteiger partial charge in [-0.15, -0.1) is 0 Å². The van der Waals surface area contributed by atoms with E-state index in [1.165, 1.54) is 4.31 Å². The van der Waals surface area contributed by atoms with Gasteiger partial charge in [0.05, 0.1) is 11.9 Å². The van der Waals surface area contributed by atoms with Gasteiger partial charge in [-0.25, -0.2) is 8.42 Å². The van der Waals surface area contributed by atoms with E-state index in [1.54, 1.807) is 12.1 Å². The molecule has 27 heavy (non-hydrogen) atoms. The van der Waals surface area contributed by atoms with Crippen LogP contribution in [0.1, 0.15) is 37.0 Å². The molecule has 2 rings (SSSR count). The summed E-state index contributed by atoms with van der Waals surface area (Å²) < 4.78 is 26.2. The summed E-state index contributed by atoms with van der Waals surface area (Å²) in [5.41, 5.74) is 4.27. The van der Waals surface area contributed by atoms with Crippen LogP contribution in [0.15, 0.2) is 42.5 Å². The van der Waals surface area contributed by atoms with E-state index in [4.69, 9.17) is 0 Å². The Morgan fingerprint density at radius 1 is 1.07 bits per heavy atom. The number of hydrogen-bond acceptors (Lipinski definition) is 3. The number of hydrogen-bond donors (Lipinski definition) is 1. The fraction of sp³-hybridized carbons (Fsp3) is 0.381. The van der Waals surface area contributed by atoms with Crippen LogP contribution in [0.5, 0.6) is 0 Å². The predicted molar refractivity (Wildman–Crippen MR) is 112 cm³/mol. The molecule has 6 heteroatoms. The molecule has 0 fully saturated rings. The van der Waals surface area contributed by atoms with Crippen molar-refractivity contribution < 1.29 is 13.2 Å². The molecule has 1 unspecified atom stereocenters. The first-order chi connectivity index (χ1) is 12.7. The molecule has 0 aromatic heterocycles. The zero-order valence-corrected chi connectivity index (χ0v) is 17.4. The smallest absolute Gasteiger partial charge is 0.248 e. The first-order valence-corrected chi connectivity index (χ1v) is 11.0. The first kappa shape index (κ1) is 21.0. The number of nitrogens with zero attached hydrogens (tertiary/aromatic N) is 1. The zero-order chi connectivity index (χ0) is 20.2. The minimum absolute atomic E-state index is 0.326. The third kappa shape index (κ3) is 4.89. The van der Waals surface area contributed by atoms with E-state index in [-0.39, 0.29) is 5.91 Å². The van der Waals surface area contributed by atoms with Crippen LogP contribution < -0.4 is 9.62 Å². The Bertz CT molecular complexity index is 906. The lowest BCUT2D eigenvalue weighted by atomic mass is 10.0. The molecule has 0 radical (unpaired) electrons. The molecule has 0 bridgehead atoms. The number of aryl methyl sites for hydroxylation is 3. The summed E-state index contributed by atoms with van der Waals surface area (Å²) in [5, 5.41) is 2.97. The third-order valence-electron chi connectivity index (χ3n) is 4.61. The van der Waals surface area contributed by atoms with Gasteiger partial charge < -0.3 is 5.32 Å². The van der Waals surface area contributed by atoms with E-state index in [0.29, 0.717) is 12.1 Å². The van der Waals surface area contributed by atoms with Crippen molar-refractivity contribution >= 4 is 27.3 Å². The van der Waals surface area contributed by atoms with Crippen molar-refractivity contribution in [3.63, 3.8) is 0 Å². The zero-order valence-electron chi connectivity index (χ0n) is 16.6. The molecule has 0 heterocycles. The molecular formula is C21H28N2O3S. The van der Waals surface area contributed by atoms with E-state index in [9.17, 15) is 13.2 Å². The Balaban J connectivity index is 2.43. The van der Waals surface area contributed by atoms with Crippen molar-refractivity contribution in [3.05, 3.63) is 59.2 Å². The van der Waals surface area contributed by atoms with E-state index >= 15 is 0 Å². The molecular weight excluding hydrogens is 360 g/mol. The monoisotopic (exact) mass is 388 g/mol. The number of carbonyl (C=O) groups is 1. The van der Waals surface area contributed by atoms with Crippen molar-refractivity contribution in [2.45, 2.75) is 46.6 Å². The quantitative estimate of drug-likeness (QED) is 0.778. The number of rotatable bonds is 7. The summed E-state index contributed by atoms with van der Waals surface area (Å²) in [5.74, 6) is -0.326. The normalized spacial score (nSPS) is 12.5. The Morgan fingerprint density at radius 2 is 1.70 bits per heavy atom. The number of sulfonamides is 1. The topological polar surface area (TPSA) is 66.5 Å². The lowest BCUT2D eigenvalue weighted by Gasteiger charge is -2.30. The van der Waals surface area contributed by atoms with E-state index < -0.39 is 16.1 Å². The molecule has 0 spiro atoms. The van der Waals surface area contributed by atoms with Crippen LogP contribution >= 0.6 is 0 Å². The van der Waals surface area contributed by atoms with Gasteiger partial charge in [0.15, 0.2) is 0 Å². The van der Waals surface area contributed by atoms with Crippen LogP contribution in [0.2, 0.25) is 0 Å². The van der Waals surface area contributed by atoms with Crippen molar-refractivity contribution in [1.82, 2.24) is 0 Å². The molecule has 1 atom stereocenters. The second-order valence-corrected chi connectivity index (χ2v) is 8.63. The van der Waals surface area contributed by atoms with Gasteiger partial charge in [-0.1, -0.05) is 49.7 Å². The molecule has 1 N–H and O–H groups in total. The lowest BCUT2D eigenvalue weighted by Crippen LogP contribution is -2.47. The standard InChI is InChI=1S/C21H28N2O3S/c1-6-17-10-8-9-16(4)20(17)22-21(24)19(7-2)23(27(5,25)26)18-13-11-15(3)12-14-18/h8-14,19H,6-7H2,1-5H3,(H,22,24). The third-order valence-corrected chi connectivity index (χ3v) is 5.79. The van der Waals surface area contributed by atoms with Gasteiger partial charge in [0.2, 0.25) is 15.9 Å². The van der Waals surface area contributed by atoms with Gasteiger partial charge in [-0.05, 0) is 49.9 Å². The molecule has 0 aliphatic rings. The molecule has 1 amide bonds. The maximum absolute atomic E-state index is 13.1. The number of para-hydroxylation sites is 1. The highest BCUT2D eigenvalue weighted by molar-refractivity contribution is 7.92. The van der Waals surface area contributed by atoms with Gasteiger partial charge in [-0.2, -0.15) is 0 Å². The fourth-order valence-corrected chi connectivity index (χ4v) is 4.37. The van der Waals surface area contributed by atoms with Crippen LogP contribution in [-0.4, -0.2) is 26.6 Å². The van der Waals surface area contributed by atoms with Crippen molar-refractivity contribution in [2.75, 3.05) is 15.9 Å². The van der Waals surface area contributed by atoms with E-state index in [1.807, 2.05) is 58.0 Å². The largest absolute Gasteiger partial charge is 0.324 e. The number of anilines is 2. The molecule has 0 aliphatic heterocycles. The minimum Gasteiger partial charge on any atom is -0.324 e. The Morgan fingerprint density at radius 3 is 2.22 bits per heavy atom. The number of amides is 1. The second-order valence-electron chi connectivity index (χ2n) is 6.77. The van der Waals surface area contributed by atoms with Crippen molar-refractivity contribution in [2.24, 2.45) is 0 Å². The highest BCUT2D eigenvalue weighted by atomic mass is 32.2. The summed E-state index contributed by atoms with van der Waals surface area (Å²) in [4.78, 5) is 13.1. The highest BCUT2D eigenvalue weighted by Gasteiger charge is 2.31. The maximum Gasteiger partial charge on any atom is 0.248 e. The average molecular weight is 389 g/mol. The molecule has 2 aromatic rings. The summed E-state index contributed by atoms with van der Waals surface area (Å²) in [6, 6.07) is 12.2. The maximum atomic E-state index is 13.1. The van der Waals surface area contributed by atoms with Gasteiger partial charge in [0.1, 0.15) is 6.04 Å². The predicted octanol–water partition coefficient (Wildman–Crippen LogP) is 4.05. The summed E-state index contributed by atoms with van der Waals surface area (Å²) in [7, 11) is -3.63. The van der Waals surface area contributed by atoms with E-state index in [2.05, 4.69) is 5.32 Å². The van der Waals surface area contributed by atoms with Gasteiger partial charge in [0, 0.05) is 5.69 Å². The molecule has 146 valence electrons. The Labute approximate surface area is 162 Å². The fourth-order valence-electron chi connectivity index (χ4n) is 3.16. The van der Waals surface area contributed by atoms with Gasteiger partial charge in [0.25, 0.3) is 0 Å². The number of benzene rings is 2. The van der Waals surface area contributed by atoms with E-state index in [0.717, 1.165) is 35.1 Å². The number of carbonyl (C=O) groups excluding carboxylic acids is 1. The molecule has 0 saturated heterocycles. The summed E-state index contributed by atoms with van der Waals surface area (Å²) >= 11 is 0. The molecule has 0 aliphatic carbocycles. The highest BCUT2D eigenvalue weighted by Crippen LogP contribution is 2.26. The SMILES string of the molecule is CCc1cccc(C)c1NC(=O)C(CC)N(c1ccc(C)cc1)S(C)(=O)=O. The van der Waals surface area contributed by atoms with Crippen LogP contribution in [0.25, 0.3) is 0 Å². The van der Waals surface area contributed by atoms with Crippen LogP contribution in [0.4, 0.5) is 11.4 Å². The summed E-state index contributed by atoms with van der Waals surface area (Å²) in [6.07, 6.45) is 2.27. The van der Waals surface area contributed by atoms with Gasteiger partial charge in [-0.3, -0.25) is 9.10 Å². The van der Waals surface area contributed by atoms with Crippen LogP contribution in [0, 0.1) is 13.8 Å².